The molecule has 0 aliphatic rings. The van der Waals surface area contributed by atoms with Crippen molar-refractivity contribution < 1.29 is 4.74 Å². The Balaban J connectivity index is 2.67. The molecule has 1 rings (SSSR count). The first kappa shape index (κ1) is 14.5. The van der Waals surface area contributed by atoms with Gasteiger partial charge in [0.25, 0.3) is 0 Å². The van der Waals surface area contributed by atoms with Crippen LogP contribution in [0.2, 0.25) is 0 Å². The Morgan fingerprint density at radius 2 is 2.00 bits per heavy atom. The first-order valence-electron chi connectivity index (χ1n) is 6.28. The van der Waals surface area contributed by atoms with E-state index in [1.54, 1.807) is 7.11 Å². The van der Waals surface area contributed by atoms with Gasteiger partial charge >= 0.3 is 0 Å². The monoisotopic (exact) mass is 246 g/mol. The second kappa shape index (κ2) is 7.03. The standard InChI is InChI=1S/C15H22N2O/c1-12-10-15(18-4)13(2)9-14(12)11-17(3)8-6-5-7-16/h9-10H,5-6,8,11H2,1-4H3. The summed E-state index contributed by atoms with van der Waals surface area (Å²) in [4.78, 5) is 2.26. The summed E-state index contributed by atoms with van der Waals surface area (Å²) in [5.41, 5.74) is 3.75. The molecule has 0 fully saturated rings. The van der Waals surface area contributed by atoms with Gasteiger partial charge in [0, 0.05) is 13.0 Å². The fourth-order valence-electron chi connectivity index (χ4n) is 2.04. The summed E-state index contributed by atoms with van der Waals surface area (Å²) in [6.07, 6.45) is 1.56. The molecule has 0 bridgehead atoms. The van der Waals surface area contributed by atoms with Crippen molar-refractivity contribution in [3.05, 3.63) is 28.8 Å². The summed E-state index contributed by atoms with van der Waals surface area (Å²) in [5.74, 6) is 0.948. The van der Waals surface area contributed by atoms with E-state index < -0.39 is 0 Å². The summed E-state index contributed by atoms with van der Waals surface area (Å²) >= 11 is 0. The lowest BCUT2D eigenvalue weighted by Crippen LogP contribution is -2.19. The molecule has 1 aromatic rings. The molecule has 0 aliphatic heterocycles. The number of hydrogen-bond acceptors (Lipinski definition) is 3. The molecule has 0 aromatic heterocycles. The van der Waals surface area contributed by atoms with Gasteiger partial charge in [0.1, 0.15) is 5.75 Å². The summed E-state index contributed by atoms with van der Waals surface area (Å²) in [7, 11) is 3.80. The number of unbranched alkanes of at least 4 members (excludes halogenated alkanes) is 1. The lowest BCUT2D eigenvalue weighted by molar-refractivity contribution is 0.322. The number of benzene rings is 1. The van der Waals surface area contributed by atoms with Crippen molar-refractivity contribution >= 4 is 0 Å². The molecule has 1 aromatic carbocycles. The lowest BCUT2D eigenvalue weighted by Gasteiger charge is -2.18. The zero-order valence-corrected chi connectivity index (χ0v) is 11.8. The van der Waals surface area contributed by atoms with Crippen LogP contribution in [0, 0.1) is 25.2 Å². The van der Waals surface area contributed by atoms with Gasteiger partial charge in [0.05, 0.1) is 13.2 Å². The summed E-state index contributed by atoms with van der Waals surface area (Å²) in [5, 5.41) is 8.52. The summed E-state index contributed by atoms with van der Waals surface area (Å²) < 4.78 is 5.32. The first-order valence-corrected chi connectivity index (χ1v) is 6.28. The number of hydrogen-bond donors (Lipinski definition) is 0. The molecule has 18 heavy (non-hydrogen) atoms. The highest BCUT2D eigenvalue weighted by atomic mass is 16.5. The molecule has 0 unspecified atom stereocenters. The van der Waals surface area contributed by atoms with Crippen LogP contribution < -0.4 is 4.74 Å². The second-order valence-corrected chi connectivity index (χ2v) is 4.75. The van der Waals surface area contributed by atoms with Crippen LogP contribution in [0.5, 0.6) is 5.75 Å². The van der Waals surface area contributed by atoms with E-state index >= 15 is 0 Å². The third-order valence-corrected chi connectivity index (χ3v) is 3.12. The molecule has 3 heteroatoms. The number of rotatable bonds is 6. The molecule has 0 saturated carbocycles. The Morgan fingerprint density at radius 3 is 2.61 bits per heavy atom. The number of aryl methyl sites for hydroxylation is 2. The van der Waals surface area contributed by atoms with Crippen molar-refractivity contribution in [1.82, 2.24) is 4.90 Å². The van der Waals surface area contributed by atoms with Crippen LogP contribution in [0.25, 0.3) is 0 Å². The smallest absolute Gasteiger partial charge is 0.122 e. The SMILES string of the molecule is COc1cc(C)c(CN(C)CCCC#N)cc1C. The fourth-order valence-corrected chi connectivity index (χ4v) is 2.04. The molecule has 0 saturated heterocycles. The minimum atomic E-state index is 0.630. The van der Waals surface area contributed by atoms with Gasteiger partial charge in [0.15, 0.2) is 0 Å². The maximum absolute atomic E-state index is 8.52. The highest BCUT2D eigenvalue weighted by molar-refractivity contribution is 5.41. The van der Waals surface area contributed by atoms with Crippen LogP contribution in [-0.2, 0) is 6.54 Å². The predicted molar refractivity (Wildman–Crippen MR) is 73.6 cm³/mol. The van der Waals surface area contributed by atoms with E-state index in [0.717, 1.165) is 25.3 Å². The largest absolute Gasteiger partial charge is 0.496 e. The Kier molecular flexibility index (Phi) is 5.67. The van der Waals surface area contributed by atoms with Crippen LogP contribution in [0.4, 0.5) is 0 Å². The quantitative estimate of drug-likeness (QED) is 0.724. The third-order valence-electron chi connectivity index (χ3n) is 3.12. The molecule has 98 valence electrons. The van der Waals surface area contributed by atoms with Gasteiger partial charge in [-0.2, -0.15) is 5.26 Å². The highest BCUT2D eigenvalue weighted by Gasteiger charge is 2.07. The molecule has 0 N–H and O–H groups in total. The van der Waals surface area contributed by atoms with Crippen molar-refractivity contribution in [2.24, 2.45) is 0 Å². The van der Waals surface area contributed by atoms with E-state index in [1.165, 1.54) is 16.7 Å². The number of nitriles is 1. The normalized spacial score (nSPS) is 10.4. The average Bonchev–Trinajstić information content (AvgIpc) is 2.33. The van der Waals surface area contributed by atoms with E-state index in [4.69, 9.17) is 10.00 Å². The number of methoxy groups -OCH3 is 1. The van der Waals surface area contributed by atoms with Crippen molar-refractivity contribution in [2.75, 3.05) is 20.7 Å². The van der Waals surface area contributed by atoms with Crippen LogP contribution in [0.3, 0.4) is 0 Å². The molecule has 0 radical (unpaired) electrons. The van der Waals surface area contributed by atoms with Crippen LogP contribution in [-0.4, -0.2) is 25.6 Å². The van der Waals surface area contributed by atoms with Crippen LogP contribution in [0.1, 0.15) is 29.5 Å². The third kappa shape index (κ3) is 4.05. The molecule has 0 heterocycles. The maximum Gasteiger partial charge on any atom is 0.122 e. The molecule has 3 nitrogen and oxygen atoms in total. The number of nitrogens with zero attached hydrogens (tertiary/aromatic N) is 2. The Bertz CT molecular complexity index is 435. The summed E-state index contributed by atoms with van der Waals surface area (Å²) in [6.45, 7) is 6.05. The maximum atomic E-state index is 8.52. The molecular weight excluding hydrogens is 224 g/mol. The molecule has 0 amide bonds. The van der Waals surface area contributed by atoms with Gasteiger partial charge in [-0.15, -0.1) is 0 Å². The predicted octanol–water partition coefficient (Wildman–Crippen LogP) is 3.05. The van der Waals surface area contributed by atoms with E-state index in [-0.39, 0.29) is 0 Å². The van der Waals surface area contributed by atoms with Crippen molar-refractivity contribution in [1.29, 1.82) is 5.26 Å². The Labute approximate surface area is 110 Å². The number of ether oxygens (including phenoxy) is 1. The van der Waals surface area contributed by atoms with Gasteiger partial charge in [-0.05, 0) is 56.6 Å². The van der Waals surface area contributed by atoms with Crippen LogP contribution in [0.15, 0.2) is 12.1 Å². The van der Waals surface area contributed by atoms with Gasteiger partial charge < -0.3 is 9.64 Å². The fraction of sp³-hybridized carbons (Fsp3) is 0.533. The van der Waals surface area contributed by atoms with E-state index in [2.05, 4.69) is 44.0 Å². The summed E-state index contributed by atoms with van der Waals surface area (Å²) in [6, 6.07) is 6.46. The zero-order chi connectivity index (χ0) is 13.5. The van der Waals surface area contributed by atoms with E-state index in [9.17, 15) is 0 Å². The minimum Gasteiger partial charge on any atom is -0.496 e. The van der Waals surface area contributed by atoms with Crippen molar-refractivity contribution in [3.8, 4) is 11.8 Å². The van der Waals surface area contributed by atoms with Crippen molar-refractivity contribution in [3.63, 3.8) is 0 Å². The van der Waals surface area contributed by atoms with E-state index in [0.29, 0.717) is 6.42 Å². The van der Waals surface area contributed by atoms with Gasteiger partial charge in [-0.25, -0.2) is 0 Å². The minimum absolute atomic E-state index is 0.630. The van der Waals surface area contributed by atoms with Gasteiger partial charge in [-0.1, -0.05) is 6.07 Å². The molecular formula is C15H22N2O. The van der Waals surface area contributed by atoms with Crippen molar-refractivity contribution in [2.45, 2.75) is 33.2 Å². The van der Waals surface area contributed by atoms with E-state index in [1.807, 2.05) is 0 Å². The molecule has 0 spiro atoms. The topological polar surface area (TPSA) is 36.3 Å². The second-order valence-electron chi connectivity index (χ2n) is 4.75. The lowest BCUT2D eigenvalue weighted by atomic mass is 10.0. The first-order chi connectivity index (χ1) is 8.58. The highest BCUT2D eigenvalue weighted by Crippen LogP contribution is 2.23. The molecule has 0 aliphatic carbocycles. The average molecular weight is 246 g/mol. The van der Waals surface area contributed by atoms with Gasteiger partial charge in [-0.3, -0.25) is 0 Å². The Morgan fingerprint density at radius 1 is 1.28 bits per heavy atom. The van der Waals surface area contributed by atoms with Gasteiger partial charge in [0.2, 0.25) is 0 Å². The molecule has 0 atom stereocenters. The van der Waals surface area contributed by atoms with Crippen LogP contribution >= 0.6 is 0 Å². The Hall–Kier alpha value is -1.53. The zero-order valence-electron chi connectivity index (χ0n) is 11.8.